The largest absolute Gasteiger partial charge is 0.283 e. The zero-order valence-electron chi connectivity index (χ0n) is 6.87. The Morgan fingerprint density at radius 2 is 2.38 bits per heavy atom. The van der Waals surface area contributed by atoms with Gasteiger partial charge in [-0.2, -0.15) is 5.43 Å². The lowest BCUT2D eigenvalue weighted by Crippen LogP contribution is -2.54. The molecule has 0 amide bonds. The highest BCUT2D eigenvalue weighted by Crippen LogP contribution is 2.03. The van der Waals surface area contributed by atoms with E-state index < -0.39 is 0 Å². The number of fused-ring (bicyclic) bond motifs is 1. The zero-order chi connectivity index (χ0) is 9.26. The number of pyridine rings is 1. The van der Waals surface area contributed by atoms with E-state index in [2.05, 4.69) is 11.3 Å². The molecule has 1 aromatic heterocycles. The molecule has 1 aliphatic rings. The van der Waals surface area contributed by atoms with Gasteiger partial charge in [-0.1, -0.05) is 4.68 Å². The van der Waals surface area contributed by atoms with E-state index in [1.54, 1.807) is 23.0 Å². The summed E-state index contributed by atoms with van der Waals surface area (Å²) in [6.45, 7) is 0.365. The Kier molecular flexibility index (Phi) is 1.69. The molecule has 1 aliphatic heterocycles. The number of rotatable bonds is 0. The smallest absolute Gasteiger partial charge is 0.281 e. The Morgan fingerprint density at radius 3 is 3.15 bits per heavy atom. The fourth-order valence-electron chi connectivity index (χ4n) is 1.27. The highest BCUT2D eigenvalue weighted by Gasteiger charge is 2.28. The molecule has 0 radical (unpaired) electrons. The van der Waals surface area contributed by atoms with Crippen molar-refractivity contribution in [2.24, 2.45) is 0 Å². The van der Waals surface area contributed by atoms with E-state index in [-0.39, 0.29) is 5.78 Å². The van der Waals surface area contributed by atoms with Gasteiger partial charge in [0.25, 0.3) is 11.5 Å². The number of carbonyl (C=O) groups is 1. The second-order valence-electron chi connectivity index (χ2n) is 2.72. The molecule has 13 heavy (non-hydrogen) atoms. The number of aromatic nitrogens is 1. The van der Waals surface area contributed by atoms with E-state index in [9.17, 15) is 4.79 Å². The van der Waals surface area contributed by atoms with Crippen LogP contribution in [0.4, 0.5) is 0 Å². The molecule has 2 rings (SSSR count). The molecule has 2 N–H and O–H groups in total. The van der Waals surface area contributed by atoms with Gasteiger partial charge in [0.05, 0.1) is 5.57 Å². The van der Waals surface area contributed by atoms with Crippen molar-refractivity contribution in [1.29, 1.82) is 5.41 Å². The standard InChI is InChI=1S/C9H7N3O/c10-5-7-6-11-12-4-2-1-3-8(12)9(7)13/h1-4,10H,6H2/p+1. The van der Waals surface area contributed by atoms with Crippen molar-refractivity contribution in [3.8, 4) is 0 Å². The lowest BCUT2D eigenvalue weighted by Gasteiger charge is -2.09. The van der Waals surface area contributed by atoms with Crippen LogP contribution >= 0.6 is 0 Å². The highest BCUT2D eigenvalue weighted by molar-refractivity contribution is 6.12. The van der Waals surface area contributed by atoms with Crippen molar-refractivity contribution in [1.82, 2.24) is 0 Å². The molecule has 0 atom stereocenters. The van der Waals surface area contributed by atoms with Crippen LogP contribution in [0.25, 0.3) is 0 Å². The van der Waals surface area contributed by atoms with Gasteiger partial charge in [0.15, 0.2) is 6.20 Å². The summed E-state index contributed by atoms with van der Waals surface area (Å²) in [4.78, 5) is 11.6. The van der Waals surface area contributed by atoms with Gasteiger partial charge in [-0.3, -0.25) is 10.2 Å². The molecule has 2 heterocycles. The van der Waals surface area contributed by atoms with E-state index in [0.29, 0.717) is 17.8 Å². The molecule has 0 fully saturated rings. The van der Waals surface area contributed by atoms with Gasteiger partial charge in [0, 0.05) is 12.1 Å². The Bertz CT molecular complexity index is 419. The lowest BCUT2D eigenvalue weighted by molar-refractivity contribution is -0.653. The minimum Gasteiger partial charge on any atom is -0.281 e. The first-order valence-corrected chi connectivity index (χ1v) is 3.91. The minimum atomic E-state index is -0.130. The number of nitrogens with one attached hydrogen (secondary N) is 2. The number of Topliss-reactive ketones (excluding diaryl/α,β-unsaturated/α-hetero) is 1. The summed E-state index contributed by atoms with van der Waals surface area (Å²) >= 11 is 0. The van der Waals surface area contributed by atoms with Crippen LogP contribution < -0.4 is 10.1 Å². The summed E-state index contributed by atoms with van der Waals surface area (Å²) < 4.78 is 1.66. The van der Waals surface area contributed by atoms with Crippen molar-refractivity contribution >= 4 is 11.7 Å². The minimum absolute atomic E-state index is 0.130. The SMILES string of the molecule is N=C=C1CN[n+]2ccccc2C1=O. The van der Waals surface area contributed by atoms with Crippen molar-refractivity contribution in [3.05, 3.63) is 35.7 Å². The maximum Gasteiger partial charge on any atom is 0.283 e. The van der Waals surface area contributed by atoms with Crippen molar-refractivity contribution in [2.45, 2.75) is 0 Å². The Balaban J connectivity index is 2.57. The van der Waals surface area contributed by atoms with Crippen LogP contribution in [0.1, 0.15) is 10.5 Å². The third kappa shape index (κ3) is 1.13. The van der Waals surface area contributed by atoms with E-state index in [1.165, 1.54) is 0 Å². The summed E-state index contributed by atoms with van der Waals surface area (Å²) in [5, 5.41) is 6.91. The normalized spacial score (nSPS) is 14.5. The van der Waals surface area contributed by atoms with E-state index >= 15 is 0 Å². The molecular weight excluding hydrogens is 166 g/mol. The van der Waals surface area contributed by atoms with Crippen LogP contribution in [0.2, 0.25) is 0 Å². The summed E-state index contributed by atoms with van der Waals surface area (Å²) in [6, 6.07) is 5.34. The van der Waals surface area contributed by atoms with Gasteiger partial charge in [-0.25, -0.2) is 0 Å². The highest BCUT2D eigenvalue weighted by atomic mass is 16.1. The molecule has 0 spiro atoms. The fraction of sp³-hybridized carbons (Fsp3) is 0.111. The average molecular weight is 174 g/mol. The Hall–Kier alpha value is -1.93. The second kappa shape index (κ2) is 2.84. The number of ketones is 1. The molecule has 0 aromatic carbocycles. The molecule has 0 unspecified atom stereocenters. The van der Waals surface area contributed by atoms with Gasteiger partial charge in [0.1, 0.15) is 6.54 Å². The molecule has 0 bridgehead atoms. The summed E-state index contributed by atoms with van der Waals surface area (Å²) in [6.07, 6.45) is 1.77. The van der Waals surface area contributed by atoms with Crippen LogP contribution in [0.5, 0.6) is 0 Å². The fourth-order valence-corrected chi connectivity index (χ4v) is 1.27. The first kappa shape index (κ1) is 7.71. The Morgan fingerprint density at radius 1 is 1.54 bits per heavy atom. The maximum absolute atomic E-state index is 11.6. The summed E-state index contributed by atoms with van der Waals surface area (Å²) in [7, 11) is 0. The zero-order valence-corrected chi connectivity index (χ0v) is 6.87. The van der Waals surface area contributed by atoms with Gasteiger partial charge < -0.3 is 0 Å². The molecule has 64 valence electrons. The molecule has 0 saturated heterocycles. The van der Waals surface area contributed by atoms with Gasteiger partial charge in [0.2, 0.25) is 0 Å². The Labute approximate surface area is 75.0 Å². The van der Waals surface area contributed by atoms with Gasteiger partial charge >= 0.3 is 0 Å². The summed E-state index contributed by atoms with van der Waals surface area (Å²) in [5.74, 6) is 2.01. The van der Waals surface area contributed by atoms with Crippen molar-refractivity contribution in [3.63, 3.8) is 0 Å². The third-order valence-corrected chi connectivity index (χ3v) is 1.94. The predicted molar refractivity (Wildman–Crippen MR) is 46.4 cm³/mol. The van der Waals surface area contributed by atoms with Crippen molar-refractivity contribution in [2.75, 3.05) is 12.0 Å². The van der Waals surface area contributed by atoms with E-state index in [1.807, 2.05) is 6.07 Å². The molecule has 0 saturated carbocycles. The monoisotopic (exact) mass is 174 g/mol. The van der Waals surface area contributed by atoms with E-state index in [0.717, 1.165) is 0 Å². The van der Waals surface area contributed by atoms with Gasteiger partial charge in [-0.05, 0) is 11.9 Å². The molecule has 0 aliphatic carbocycles. The van der Waals surface area contributed by atoms with Crippen LogP contribution in [-0.2, 0) is 0 Å². The second-order valence-corrected chi connectivity index (χ2v) is 2.72. The van der Waals surface area contributed by atoms with Crippen LogP contribution in [0.3, 0.4) is 0 Å². The number of hydrogen-bond acceptors (Lipinski definition) is 3. The first-order chi connectivity index (χ1) is 6.33. The maximum atomic E-state index is 11.6. The topological polar surface area (TPSA) is 56.8 Å². The van der Waals surface area contributed by atoms with Crippen molar-refractivity contribution < 1.29 is 9.47 Å². The molecule has 4 nitrogen and oxygen atoms in total. The van der Waals surface area contributed by atoms with Crippen LogP contribution in [-0.4, -0.2) is 18.2 Å². The lowest BCUT2D eigenvalue weighted by atomic mass is 10.1. The number of hydrogen-bond donors (Lipinski definition) is 2. The summed E-state index contributed by atoms with van der Waals surface area (Å²) in [5.41, 5.74) is 3.88. The average Bonchev–Trinajstić information content (AvgIpc) is 2.19. The number of nitrogens with zero attached hydrogens (tertiary/aromatic N) is 1. The van der Waals surface area contributed by atoms with Crippen LogP contribution in [0.15, 0.2) is 30.0 Å². The molecule has 1 aromatic rings. The molecule has 4 heteroatoms. The van der Waals surface area contributed by atoms with E-state index in [4.69, 9.17) is 5.41 Å². The van der Waals surface area contributed by atoms with Gasteiger partial charge in [-0.15, -0.1) is 0 Å². The number of carbonyl (C=O) groups excluding carboxylic acids is 1. The van der Waals surface area contributed by atoms with Crippen LogP contribution in [0, 0.1) is 5.41 Å². The quantitative estimate of drug-likeness (QED) is 0.327. The third-order valence-electron chi connectivity index (χ3n) is 1.94. The molecular formula is C9H8N3O+. The predicted octanol–water partition coefficient (Wildman–Crippen LogP) is -0.111. The first-order valence-electron chi connectivity index (χ1n) is 3.91.